The normalized spacial score (nSPS) is 13.3. The predicted molar refractivity (Wildman–Crippen MR) is 86.8 cm³/mol. The Balaban J connectivity index is 3.64. The summed E-state index contributed by atoms with van der Waals surface area (Å²) in [6.07, 6.45) is 0. The van der Waals surface area contributed by atoms with Crippen LogP contribution in [-0.2, 0) is 19.1 Å². The van der Waals surface area contributed by atoms with Crippen LogP contribution in [-0.4, -0.2) is 30.1 Å². The summed E-state index contributed by atoms with van der Waals surface area (Å²) in [5.41, 5.74) is -0.876. The Labute approximate surface area is 154 Å². The summed E-state index contributed by atoms with van der Waals surface area (Å²) in [7, 11) is 0. The van der Waals surface area contributed by atoms with Gasteiger partial charge in [-0.3, -0.25) is 19.7 Å². The summed E-state index contributed by atoms with van der Waals surface area (Å²) in [6.45, 7) is 2.81. The smallest absolute Gasteiger partial charge is 0.324 e. The minimum absolute atomic E-state index is 0.0838. The molecule has 0 spiro atoms. The topological polar surface area (TPSA) is 166 Å². The molecule has 1 rings (SSSR count). The third kappa shape index (κ3) is 4.92. The Morgan fingerprint density at radius 1 is 1.11 bits per heavy atom. The quantitative estimate of drug-likeness (QED) is 0.368. The van der Waals surface area contributed by atoms with E-state index in [1.165, 1.54) is 13.8 Å². The van der Waals surface area contributed by atoms with Crippen LogP contribution in [0.4, 0.5) is 5.69 Å². The first kappa shape index (κ1) is 21.4. The molecular weight excluding hydrogens is 358 g/mol. The third-order valence-electron chi connectivity index (χ3n) is 3.64. The number of non-ortho nitro benzene ring substituents is 1. The van der Waals surface area contributed by atoms with Crippen LogP contribution in [0.5, 0.6) is 5.75 Å². The van der Waals surface area contributed by atoms with E-state index in [4.69, 9.17) is 9.47 Å². The number of nitro groups is 1. The number of nitro benzene ring substituents is 1. The molecule has 0 bridgehead atoms. The number of hydrogen-bond donors (Lipinski definition) is 0. The lowest BCUT2D eigenvalue weighted by Gasteiger charge is -2.27. The van der Waals surface area contributed by atoms with Gasteiger partial charge in [0.15, 0.2) is 11.8 Å². The monoisotopic (exact) mass is 374 g/mol. The van der Waals surface area contributed by atoms with Crippen molar-refractivity contribution in [1.82, 2.24) is 0 Å². The fraction of sp³-hybridized carbons (Fsp3) is 0.412. The zero-order valence-corrected chi connectivity index (χ0v) is 14.6. The highest BCUT2D eigenvalue weighted by molar-refractivity contribution is 5.82. The van der Waals surface area contributed by atoms with Crippen LogP contribution in [0.2, 0.25) is 0 Å². The van der Waals surface area contributed by atoms with Crippen molar-refractivity contribution < 1.29 is 29.1 Å². The van der Waals surface area contributed by atoms with Gasteiger partial charge in [0.25, 0.3) is 5.69 Å². The maximum atomic E-state index is 12.3. The zero-order chi connectivity index (χ0) is 20.6. The first-order chi connectivity index (χ1) is 12.8. The fourth-order valence-electron chi connectivity index (χ4n) is 2.48. The van der Waals surface area contributed by atoms with Crippen molar-refractivity contribution in [3.05, 3.63) is 33.9 Å². The zero-order valence-electron chi connectivity index (χ0n) is 14.6. The van der Waals surface area contributed by atoms with Gasteiger partial charge in [-0.05, 0) is 19.4 Å². The molecule has 1 aromatic carbocycles. The van der Waals surface area contributed by atoms with Crippen LogP contribution in [0.1, 0.15) is 25.3 Å². The summed E-state index contributed by atoms with van der Waals surface area (Å²) in [5, 5.41) is 42.2. The molecule has 0 radical (unpaired) electrons. The number of ether oxygens (including phenoxy) is 2. The molecule has 10 nitrogen and oxygen atoms in total. The van der Waals surface area contributed by atoms with Crippen molar-refractivity contribution in [3.63, 3.8) is 0 Å². The molecule has 0 fully saturated rings. The first-order valence-corrected chi connectivity index (χ1v) is 7.90. The van der Waals surface area contributed by atoms with Crippen LogP contribution < -0.4 is 5.11 Å². The van der Waals surface area contributed by atoms with Gasteiger partial charge in [-0.15, -0.1) is 5.75 Å². The lowest BCUT2D eigenvalue weighted by molar-refractivity contribution is -0.385. The number of carbonyl (C=O) groups is 2. The van der Waals surface area contributed by atoms with E-state index in [9.17, 15) is 35.3 Å². The van der Waals surface area contributed by atoms with E-state index in [0.29, 0.717) is 0 Å². The number of benzene rings is 1. The van der Waals surface area contributed by atoms with Crippen LogP contribution in [0.25, 0.3) is 0 Å². The van der Waals surface area contributed by atoms with Gasteiger partial charge in [-0.25, -0.2) is 0 Å². The molecule has 27 heavy (non-hydrogen) atoms. The number of rotatable bonds is 8. The molecule has 0 saturated carbocycles. The molecule has 0 heterocycles. The van der Waals surface area contributed by atoms with Crippen molar-refractivity contribution >= 4 is 17.6 Å². The summed E-state index contributed by atoms with van der Waals surface area (Å²) >= 11 is 0. The number of nitrogens with zero attached hydrogens (tertiary/aromatic N) is 3. The summed E-state index contributed by atoms with van der Waals surface area (Å²) < 4.78 is 9.58. The Kier molecular flexibility index (Phi) is 7.70. The molecule has 0 aliphatic rings. The summed E-state index contributed by atoms with van der Waals surface area (Å²) in [4.78, 5) is 34.6. The van der Waals surface area contributed by atoms with Crippen LogP contribution in [0.3, 0.4) is 0 Å². The molecule has 142 valence electrons. The van der Waals surface area contributed by atoms with E-state index in [1.54, 1.807) is 12.1 Å². The van der Waals surface area contributed by atoms with Gasteiger partial charge >= 0.3 is 11.9 Å². The van der Waals surface area contributed by atoms with Gasteiger partial charge in [-0.2, -0.15) is 10.5 Å². The molecule has 0 saturated heterocycles. The molecule has 0 aromatic heterocycles. The van der Waals surface area contributed by atoms with Gasteiger partial charge in [0.05, 0.1) is 30.3 Å². The largest absolute Gasteiger partial charge is 0.872 e. The standard InChI is InChI=1S/C17H17N3O7/c1-3-26-16(22)12(8-18)15(13(9-19)17(23)27-4-2)11-7-10(20(24)25)5-6-14(11)21/h5-7,12-13,15,21H,3-4H2,1-2H3/p-1/t12-,13+,15?. The Bertz CT molecular complexity index is 774. The average Bonchev–Trinajstić information content (AvgIpc) is 2.62. The van der Waals surface area contributed by atoms with Crippen molar-refractivity contribution in [2.75, 3.05) is 13.2 Å². The van der Waals surface area contributed by atoms with E-state index < -0.39 is 46.1 Å². The molecule has 10 heteroatoms. The van der Waals surface area contributed by atoms with E-state index in [2.05, 4.69) is 0 Å². The highest BCUT2D eigenvalue weighted by Gasteiger charge is 2.42. The van der Waals surface area contributed by atoms with Crippen molar-refractivity contribution in [2.45, 2.75) is 19.8 Å². The Morgan fingerprint density at radius 2 is 1.59 bits per heavy atom. The molecule has 0 N–H and O–H groups in total. The van der Waals surface area contributed by atoms with Gasteiger partial charge in [0.2, 0.25) is 0 Å². The van der Waals surface area contributed by atoms with E-state index in [-0.39, 0.29) is 18.8 Å². The van der Waals surface area contributed by atoms with Crippen molar-refractivity contribution in [3.8, 4) is 17.9 Å². The number of hydrogen-bond acceptors (Lipinski definition) is 9. The summed E-state index contributed by atoms with van der Waals surface area (Å²) in [6, 6.07) is 5.93. The maximum Gasteiger partial charge on any atom is 0.324 e. The molecule has 1 unspecified atom stereocenters. The second-order valence-electron chi connectivity index (χ2n) is 5.22. The fourth-order valence-corrected chi connectivity index (χ4v) is 2.48. The minimum Gasteiger partial charge on any atom is -0.872 e. The molecule has 3 atom stereocenters. The van der Waals surface area contributed by atoms with Crippen molar-refractivity contribution in [2.24, 2.45) is 11.8 Å². The number of nitriles is 2. The lowest BCUT2D eigenvalue weighted by atomic mass is 9.77. The maximum absolute atomic E-state index is 12.3. The van der Waals surface area contributed by atoms with Gasteiger partial charge in [-0.1, -0.05) is 6.07 Å². The molecule has 0 aliphatic heterocycles. The van der Waals surface area contributed by atoms with Crippen molar-refractivity contribution in [1.29, 1.82) is 10.5 Å². The first-order valence-electron chi connectivity index (χ1n) is 7.90. The van der Waals surface area contributed by atoms with Crippen LogP contribution >= 0.6 is 0 Å². The highest BCUT2D eigenvalue weighted by Crippen LogP contribution is 2.39. The van der Waals surface area contributed by atoms with Crippen LogP contribution in [0, 0.1) is 44.6 Å². The molecule has 0 amide bonds. The van der Waals surface area contributed by atoms with E-state index >= 15 is 0 Å². The van der Waals surface area contributed by atoms with Gasteiger partial charge in [0, 0.05) is 18.1 Å². The van der Waals surface area contributed by atoms with E-state index in [1.807, 2.05) is 0 Å². The van der Waals surface area contributed by atoms with Gasteiger partial charge in [0.1, 0.15) is 0 Å². The number of esters is 2. The number of carbonyl (C=O) groups excluding carboxylic acids is 2. The van der Waals surface area contributed by atoms with Crippen LogP contribution in [0.15, 0.2) is 18.2 Å². The van der Waals surface area contributed by atoms with E-state index in [0.717, 1.165) is 18.2 Å². The van der Waals surface area contributed by atoms with Gasteiger partial charge < -0.3 is 14.6 Å². The SMILES string of the molecule is CCOC(=O)[C@@H](C#N)C(c1cc([N+](=O)[O-])ccc1[O-])[C@@H](C#N)C(=O)OCC. The summed E-state index contributed by atoms with van der Waals surface area (Å²) in [5.74, 6) is -7.89. The molecule has 1 aromatic rings. The second kappa shape index (κ2) is 9.73. The lowest BCUT2D eigenvalue weighted by Crippen LogP contribution is -2.33. The molecule has 0 aliphatic carbocycles. The minimum atomic E-state index is -1.71. The second-order valence-corrected chi connectivity index (χ2v) is 5.22. The predicted octanol–water partition coefficient (Wildman–Crippen LogP) is 1.16. The average molecular weight is 374 g/mol. The Hall–Kier alpha value is -3.66. The Morgan fingerprint density at radius 3 is 1.96 bits per heavy atom. The third-order valence-corrected chi connectivity index (χ3v) is 3.64. The molecular formula is C17H16N3O7-. The highest BCUT2D eigenvalue weighted by atomic mass is 16.6.